The summed E-state index contributed by atoms with van der Waals surface area (Å²) in [5, 5.41) is 0. The summed E-state index contributed by atoms with van der Waals surface area (Å²) in [6, 6.07) is 3.21. The maximum Gasteiger partial charge on any atom is 0.416 e. The second-order valence-electron chi connectivity index (χ2n) is 4.12. The molecule has 0 bridgehead atoms. The normalized spacial score (nSPS) is 12.9. The third kappa shape index (κ3) is 4.98. The zero-order chi connectivity index (χ0) is 14.6. The molecule has 1 aromatic rings. The summed E-state index contributed by atoms with van der Waals surface area (Å²) in [4.78, 5) is 3.80. The van der Waals surface area contributed by atoms with Gasteiger partial charge < -0.3 is 10.5 Å². The number of ether oxygens (including phenoxy) is 1. The number of alkyl halides is 4. The van der Waals surface area contributed by atoms with Crippen LogP contribution in [-0.4, -0.2) is 17.8 Å². The van der Waals surface area contributed by atoms with Gasteiger partial charge in [-0.3, -0.25) is 0 Å². The molecule has 0 aliphatic rings. The number of aliphatic imine (C=N–C) groups is 1. The van der Waals surface area contributed by atoms with E-state index in [1.54, 1.807) is 13.8 Å². The van der Waals surface area contributed by atoms with Crippen molar-refractivity contribution in [3.05, 3.63) is 23.8 Å². The SMILES string of the molecule is CC(C)Oc1cc(N=C(N)CCl)cc(C(F)(F)F)c1. The molecule has 0 aromatic heterocycles. The largest absolute Gasteiger partial charge is 0.491 e. The minimum Gasteiger partial charge on any atom is -0.491 e. The molecule has 1 rings (SSSR count). The third-order valence-corrected chi connectivity index (χ3v) is 2.27. The van der Waals surface area contributed by atoms with Crippen molar-refractivity contribution in [2.75, 3.05) is 5.88 Å². The van der Waals surface area contributed by atoms with E-state index in [2.05, 4.69) is 4.99 Å². The van der Waals surface area contributed by atoms with Crippen LogP contribution in [0.25, 0.3) is 0 Å². The van der Waals surface area contributed by atoms with Crippen molar-refractivity contribution in [3.8, 4) is 5.75 Å². The molecule has 0 amide bonds. The van der Waals surface area contributed by atoms with Crippen LogP contribution in [0.1, 0.15) is 19.4 Å². The van der Waals surface area contributed by atoms with Crippen molar-refractivity contribution in [1.29, 1.82) is 0 Å². The van der Waals surface area contributed by atoms with Gasteiger partial charge in [0.1, 0.15) is 11.6 Å². The summed E-state index contributed by atoms with van der Waals surface area (Å²) in [5.41, 5.74) is 4.63. The minimum atomic E-state index is -4.48. The highest BCUT2D eigenvalue weighted by Gasteiger charge is 2.31. The van der Waals surface area contributed by atoms with Crippen LogP contribution in [-0.2, 0) is 6.18 Å². The summed E-state index contributed by atoms with van der Waals surface area (Å²) in [6.07, 6.45) is -4.72. The zero-order valence-corrected chi connectivity index (χ0v) is 11.2. The minimum absolute atomic E-state index is 0.0384. The number of nitrogens with two attached hydrogens (primary N) is 1. The number of benzene rings is 1. The molecule has 1 aromatic carbocycles. The van der Waals surface area contributed by atoms with Gasteiger partial charge in [-0.15, -0.1) is 11.6 Å². The lowest BCUT2D eigenvalue weighted by molar-refractivity contribution is -0.137. The Kier molecular flexibility index (Phi) is 5.05. The van der Waals surface area contributed by atoms with Crippen LogP contribution in [0.5, 0.6) is 5.75 Å². The Labute approximate surface area is 114 Å². The molecule has 19 heavy (non-hydrogen) atoms. The molecule has 2 N–H and O–H groups in total. The second kappa shape index (κ2) is 6.14. The predicted octanol–water partition coefficient (Wildman–Crippen LogP) is 3.72. The lowest BCUT2D eigenvalue weighted by Gasteiger charge is -2.14. The van der Waals surface area contributed by atoms with Crippen LogP contribution in [0, 0.1) is 0 Å². The lowest BCUT2D eigenvalue weighted by Crippen LogP contribution is -2.13. The maximum absolute atomic E-state index is 12.7. The fraction of sp³-hybridized carbons (Fsp3) is 0.417. The predicted molar refractivity (Wildman–Crippen MR) is 69.2 cm³/mol. The van der Waals surface area contributed by atoms with E-state index in [0.717, 1.165) is 12.1 Å². The Morgan fingerprint density at radius 1 is 1.37 bits per heavy atom. The van der Waals surface area contributed by atoms with Crippen LogP contribution < -0.4 is 10.5 Å². The Bertz CT molecular complexity index is 473. The number of hydrogen-bond donors (Lipinski definition) is 1. The van der Waals surface area contributed by atoms with E-state index < -0.39 is 11.7 Å². The zero-order valence-electron chi connectivity index (χ0n) is 10.5. The van der Waals surface area contributed by atoms with Crippen LogP contribution in [0.15, 0.2) is 23.2 Å². The first-order valence-electron chi connectivity index (χ1n) is 5.50. The number of hydrogen-bond acceptors (Lipinski definition) is 2. The van der Waals surface area contributed by atoms with Crippen LogP contribution in [0.4, 0.5) is 18.9 Å². The number of nitrogens with zero attached hydrogens (tertiary/aromatic N) is 1. The topological polar surface area (TPSA) is 47.6 Å². The van der Waals surface area contributed by atoms with E-state index in [9.17, 15) is 13.2 Å². The second-order valence-corrected chi connectivity index (χ2v) is 4.38. The fourth-order valence-electron chi connectivity index (χ4n) is 1.35. The summed E-state index contributed by atoms with van der Waals surface area (Å²) >= 11 is 5.45. The van der Waals surface area contributed by atoms with E-state index in [1.165, 1.54) is 6.07 Å². The van der Waals surface area contributed by atoms with Crippen molar-refractivity contribution >= 4 is 23.1 Å². The highest BCUT2D eigenvalue weighted by Crippen LogP contribution is 2.35. The van der Waals surface area contributed by atoms with Gasteiger partial charge in [0.25, 0.3) is 0 Å². The Morgan fingerprint density at radius 3 is 2.47 bits per heavy atom. The molecule has 0 unspecified atom stereocenters. The summed E-state index contributed by atoms with van der Waals surface area (Å²) < 4.78 is 43.5. The Hall–Kier alpha value is -1.43. The highest BCUT2D eigenvalue weighted by atomic mass is 35.5. The molecule has 0 aliphatic carbocycles. The van der Waals surface area contributed by atoms with Gasteiger partial charge in [0.05, 0.1) is 23.2 Å². The van der Waals surface area contributed by atoms with Gasteiger partial charge in [0.15, 0.2) is 0 Å². The average Bonchev–Trinajstić information content (AvgIpc) is 2.26. The Morgan fingerprint density at radius 2 is 2.00 bits per heavy atom. The van der Waals surface area contributed by atoms with Crippen molar-refractivity contribution in [3.63, 3.8) is 0 Å². The Balaban J connectivity index is 3.24. The van der Waals surface area contributed by atoms with Gasteiger partial charge in [-0.25, -0.2) is 4.99 Å². The molecule has 3 nitrogen and oxygen atoms in total. The van der Waals surface area contributed by atoms with Crippen LogP contribution in [0.2, 0.25) is 0 Å². The van der Waals surface area contributed by atoms with Crippen molar-refractivity contribution < 1.29 is 17.9 Å². The maximum atomic E-state index is 12.7. The molecular formula is C12H14ClF3N2O. The number of halogens is 4. The third-order valence-electron chi connectivity index (χ3n) is 2.00. The molecule has 0 spiro atoms. The van der Waals surface area contributed by atoms with Gasteiger partial charge in [0.2, 0.25) is 0 Å². The lowest BCUT2D eigenvalue weighted by atomic mass is 10.2. The van der Waals surface area contributed by atoms with E-state index in [0.29, 0.717) is 0 Å². The number of rotatable bonds is 4. The molecule has 0 fully saturated rings. The monoisotopic (exact) mass is 294 g/mol. The van der Waals surface area contributed by atoms with Gasteiger partial charge in [0, 0.05) is 6.07 Å². The van der Waals surface area contributed by atoms with Gasteiger partial charge >= 0.3 is 6.18 Å². The molecule has 0 saturated carbocycles. The first-order chi connectivity index (χ1) is 8.72. The molecule has 7 heteroatoms. The van der Waals surface area contributed by atoms with Crippen molar-refractivity contribution in [2.24, 2.45) is 10.7 Å². The quantitative estimate of drug-likeness (QED) is 0.523. The van der Waals surface area contributed by atoms with Gasteiger partial charge in [-0.2, -0.15) is 13.2 Å². The average molecular weight is 295 g/mol. The molecule has 0 atom stereocenters. The molecule has 106 valence electrons. The molecule has 0 heterocycles. The first-order valence-corrected chi connectivity index (χ1v) is 6.03. The number of amidine groups is 1. The van der Waals surface area contributed by atoms with E-state index >= 15 is 0 Å². The van der Waals surface area contributed by atoms with Gasteiger partial charge in [-0.05, 0) is 26.0 Å². The summed E-state index contributed by atoms with van der Waals surface area (Å²) in [7, 11) is 0. The van der Waals surface area contributed by atoms with Crippen LogP contribution in [0.3, 0.4) is 0 Å². The fourth-order valence-corrected chi connectivity index (χ4v) is 1.41. The standard InChI is InChI=1S/C12H14ClF3N2O/c1-7(2)19-10-4-8(12(14,15)16)3-9(5-10)18-11(17)6-13/h3-5,7H,6H2,1-2H3,(H2,17,18). The molecular weight excluding hydrogens is 281 g/mol. The van der Waals surface area contributed by atoms with E-state index in [-0.39, 0.29) is 29.3 Å². The summed E-state index contributed by atoms with van der Waals surface area (Å²) in [6.45, 7) is 3.44. The molecule has 0 saturated heterocycles. The van der Waals surface area contributed by atoms with Crippen LogP contribution >= 0.6 is 11.6 Å². The van der Waals surface area contributed by atoms with E-state index in [1.807, 2.05) is 0 Å². The molecule has 0 aliphatic heterocycles. The van der Waals surface area contributed by atoms with Crippen molar-refractivity contribution in [1.82, 2.24) is 0 Å². The highest BCUT2D eigenvalue weighted by molar-refractivity contribution is 6.28. The van der Waals surface area contributed by atoms with E-state index in [4.69, 9.17) is 22.1 Å². The molecule has 0 radical (unpaired) electrons. The smallest absolute Gasteiger partial charge is 0.416 e. The van der Waals surface area contributed by atoms with Gasteiger partial charge in [-0.1, -0.05) is 0 Å². The first kappa shape index (κ1) is 15.6. The van der Waals surface area contributed by atoms with Crippen molar-refractivity contribution in [2.45, 2.75) is 26.1 Å². The summed E-state index contributed by atoms with van der Waals surface area (Å²) in [5.74, 6) is 0.0683.